The fourth-order valence-electron chi connectivity index (χ4n) is 4.20. The summed E-state index contributed by atoms with van der Waals surface area (Å²) in [7, 11) is 1.69. The number of carbonyl (C=O) groups excluding carboxylic acids is 3. The first-order chi connectivity index (χ1) is 21.2. The Morgan fingerprint density at radius 2 is 1.64 bits per heavy atom. The van der Waals surface area contributed by atoms with Crippen LogP contribution in [0.25, 0.3) is 21.3 Å². The summed E-state index contributed by atoms with van der Waals surface area (Å²) in [5, 5.41) is 8.42. The lowest BCUT2D eigenvalue weighted by atomic mass is 10.1. The van der Waals surface area contributed by atoms with E-state index in [2.05, 4.69) is 15.6 Å². The first-order valence-electron chi connectivity index (χ1n) is 14.6. The van der Waals surface area contributed by atoms with Gasteiger partial charge in [-0.05, 0) is 95.3 Å². The van der Waals surface area contributed by atoms with Crippen LogP contribution in [0.2, 0.25) is 0 Å². The van der Waals surface area contributed by atoms with Crippen molar-refractivity contribution in [1.29, 1.82) is 0 Å². The number of carbonyl (C=O) groups is 3. The van der Waals surface area contributed by atoms with E-state index in [0.717, 1.165) is 15.8 Å². The van der Waals surface area contributed by atoms with Crippen molar-refractivity contribution in [2.75, 3.05) is 30.8 Å². The van der Waals surface area contributed by atoms with E-state index < -0.39 is 17.3 Å². The Morgan fingerprint density at radius 3 is 2.33 bits per heavy atom. The van der Waals surface area contributed by atoms with Gasteiger partial charge in [0.1, 0.15) is 17.0 Å². The Bertz CT molecular complexity index is 1660. The van der Waals surface area contributed by atoms with Crippen LogP contribution in [0, 0.1) is 0 Å². The SMILES string of the molecule is CN(CCCOc1ccc2cc(C(=O)Nc3cc(-c4cccs4)ccc3NC(=O)OC(C)(C)C)cnc2c1)C(=O)OC(C)(C)C. The molecular weight excluding hydrogens is 592 g/mol. The molecule has 45 heavy (non-hydrogen) atoms. The van der Waals surface area contributed by atoms with Gasteiger partial charge in [-0.1, -0.05) is 12.1 Å². The molecule has 0 spiro atoms. The first-order valence-corrected chi connectivity index (χ1v) is 15.5. The van der Waals surface area contributed by atoms with Gasteiger partial charge in [0.25, 0.3) is 5.91 Å². The lowest BCUT2D eigenvalue weighted by molar-refractivity contribution is 0.0291. The highest BCUT2D eigenvalue weighted by Crippen LogP contribution is 2.32. The van der Waals surface area contributed by atoms with Gasteiger partial charge in [-0.15, -0.1) is 11.3 Å². The standard InChI is InChI=1S/C34H40N4O6S/c1-33(2,3)43-31(40)37-26-14-12-23(29-10-8-17-45-29)19-28(26)36-30(39)24-18-22-11-13-25(20-27(22)35-21-24)42-16-9-15-38(7)32(41)44-34(4,5)6/h8,10-14,17-21H,9,15-16H2,1-7H3,(H,36,39)(H,37,40). The molecule has 0 aliphatic heterocycles. The number of rotatable bonds is 9. The predicted octanol–water partition coefficient (Wildman–Crippen LogP) is 8.20. The van der Waals surface area contributed by atoms with E-state index in [0.29, 0.717) is 47.8 Å². The van der Waals surface area contributed by atoms with E-state index in [4.69, 9.17) is 14.2 Å². The summed E-state index contributed by atoms with van der Waals surface area (Å²) in [5.41, 5.74) is 1.54. The molecule has 11 heteroatoms. The highest BCUT2D eigenvalue weighted by Gasteiger charge is 2.20. The monoisotopic (exact) mass is 632 g/mol. The van der Waals surface area contributed by atoms with Crippen LogP contribution in [0.15, 0.2) is 66.2 Å². The average molecular weight is 633 g/mol. The van der Waals surface area contributed by atoms with Crippen LogP contribution in [-0.4, -0.2) is 59.4 Å². The number of thiophene rings is 1. The van der Waals surface area contributed by atoms with Crippen molar-refractivity contribution in [3.63, 3.8) is 0 Å². The fraction of sp³-hybridized carbons (Fsp3) is 0.353. The molecule has 0 saturated heterocycles. The van der Waals surface area contributed by atoms with E-state index in [1.807, 2.05) is 68.6 Å². The molecule has 2 N–H and O–H groups in total. The molecule has 0 unspecified atom stereocenters. The number of aromatic nitrogens is 1. The molecule has 0 aliphatic rings. The zero-order valence-electron chi connectivity index (χ0n) is 26.7. The van der Waals surface area contributed by atoms with Gasteiger partial charge in [-0.2, -0.15) is 0 Å². The number of anilines is 2. The van der Waals surface area contributed by atoms with Crippen LogP contribution in [0.3, 0.4) is 0 Å². The molecule has 0 aliphatic carbocycles. The van der Waals surface area contributed by atoms with Crippen LogP contribution in [0.5, 0.6) is 5.75 Å². The largest absolute Gasteiger partial charge is 0.493 e. The van der Waals surface area contributed by atoms with Crippen LogP contribution in [0.1, 0.15) is 58.3 Å². The summed E-state index contributed by atoms with van der Waals surface area (Å²) >= 11 is 1.57. The molecule has 238 valence electrons. The Morgan fingerprint density at radius 1 is 0.889 bits per heavy atom. The smallest absolute Gasteiger partial charge is 0.412 e. The predicted molar refractivity (Wildman–Crippen MR) is 178 cm³/mol. The molecule has 2 heterocycles. The lowest BCUT2D eigenvalue weighted by Crippen LogP contribution is -2.35. The zero-order valence-corrected chi connectivity index (χ0v) is 27.5. The van der Waals surface area contributed by atoms with E-state index in [9.17, 15) is 14.4 Å². The Hall–Kier alpha value is -4.64. The quantitative estimate of drug-likeness (QED) is 0.179. The number of hydrogen-bond acceptors (Lipinski definition) is 8. The number of hydrogen-bond donors (Lipinski definition) is 2. The number of benzene rings is 2. The Balaban J connectivity index is 1.42. The number of fused-ring (bicyclic) bond motifs is 1. The average Bonchev–Trinajstić information content (AvgIpc) is 3.49. The highest BCUT2D eigenvalue weighted by atomic mass is 32.1. The third-order valence-corrected chi connectivity index (χ3v) is 7.16. The minimum absolute atomic E-state index is 0.353. The minimum atomic E-state index is -0.676. The van der Waals surface area contributed by atoms with Gasteiger partial charge in [0.15, 0.2) is 0 Å². The van der Waals surface area contributed by atoms with Crippen molar-refractivity contribution in [2.45, 2.75) is 59.2 Å². The molecule has 10 nitrogen and oxygen atoms in total. The molecule has 0 bridgehead atoms. The first kappa shape index (κ1) is 33.3. The second-order valence-corrected chi connectivity index (χ2v) is 13.4. The topological polar surface area (TPSA) is 119 Å². The van der Waals surface area contributed by atoms with Crippen LogP contribution >= 0.6 is 11.3 Å². The number of pyridine rings is 1. The van der Waals surface area contributed by atoms with Crippen molar-refractivity contribution in [1.82, 2.24) is 9.88 Å². The van der Waals surface area contributed by atoms with Crippen molar-refractivity contribution in [3.8, 4) is 16.2 Å². The van der Waals surface area contributed by atoms with Gasteiger partial charge in [0.2, 0.25) is 0 Å². The summed E-state index contributed by atoms with van der Waals surface area (Å²) in [6.45, 7) is 11.7. The lowest BCUT2D eigenvalue weighted by Gasteiger charge is -2.24. The Labute approximate surface area is 267 Å². The third kappa shape index (κ3) is 9.94. The van der Waals surface area contributed by atoms with Gasteiger partial charge >= 0.3 is 12.2 Å². The summed E-state index contributed by atoms with van der Waals surface area (Å²) in [6.07, 6.45) is 1.13. The van der Waals surface area contributed by atoms with E-state index in [1.54, 1.807) is 51.3 Å². The third-order valence-electron chi connectivity index (χ3n) is 6.24. The molecule has 0 atom stereocenters. The molecule has 2 aromatic heterocycles. The van der Waals surface area contributed by atoms with Crippen molar-refractivity contribution >= 4 is 51.7 Å². The van der Waals surface area contributed by atoms with Gasteiger partial charge in [-0.25, -0.2) is 9.59 Å². The summed E-state index contributed by atoms with van der Waals surface area (Å²) < 4.78 is 16.7. The molecule has 0 fully saturated rings. The van der Waals surface area contributed by atoms with Gasteiger partial charge in [0, 0.05) is 36.1 Å². The molecule has 4 rings (SSSR count). The van der Waals surface area contributed by atoms with E-state index in [-0.39, 0.29) is 12.0 Å². The normalized spacial score (nSPS) is 11.5. The fourth-order valence-corrected chi connectivity index (χ4v) is 4.92. The van der Waals surface area contributed by atoms with Crippen molar-refractivity contribution in [2.24, 2.45) is 0 Å². The molecule has 4 aromatic rings. The van der Waals surface area contributed by atoms with Crippen molar-refractivity contribution in [3.05, 3.63) is 71.7 Å². The zero-order chi connectivity index (χ0) is 32.8. The van der Waals surface area contributed by atoms with Gasteiger partial charge in [-0.3, -0.25) is 15.1 Å². The van der Waals surface area contributed by atoms with Crippen molar-refractivity contribution < 1.29 is 28.6 Å². The van der Waals surface area contributed by atoms with Gasteiger partial charge < -0.3 is 24.4 Å². The molecule has 2 aromatic carbocycles. The number of amides is 3. The highest BCUT2D eigenvalue weighted by molar-refractivity contribution is 7.13. The minimum Gasteiger partial charge on any atom is -0.493 e. The molecule has 0 saturated carbocycles. The van der Waals surface area contributed by atoms with E-state index in [1.165, 1.54) is 11.1 Å². The van der Waals surface area contributed by atoms with Gasteiger partial charge in [0.05, 0.1) is 29.1 Å². The maximum atomic E-state index is 13.4. The van der Waals surface area contributed by atoms with Crippen LogP contribution in [-0.2, 0) is 9.47 Å². The Kier molecular flexibility index (Phi) is 10.3. The van der Waals surface area contributed by atoms with E-state index >= 15 is 0 Å². The number of nitrogens with zero attached hydrogens (tertiary/aromatic N) is 2. The number of ether oxygens (including phenoxy) is 3. The van der Waals surface area contributed by atoms with Crippen LogP contribution < -0.4 is 15.4 Å². The second kappa shape index (κ2) is 14.0. The summed E-state index contributed by atoms with van der Waals surface area (Å²) in [4.78, 5) is 45.1. The second-order valence-electron chi connectivity index (χ2n) is 12.5. The molecular formula is C34H40N4O6S. The van der Waals surface area contributed by atoms with Crippen LogP contribution in [0.4, 0.5) is 21.0 Å². The maximum absolute atomic E-state index is 13.4. The molecule has 0 radical (unpaired) electrons. The molecule has 3 amide bonds. The summed E-state index contributed by atoms with van der Waals surface area (Å²) in [6, 6.07) is 16.6. The summed E-state index contributed by atoms with van der Waals surface area (Å²) in [5.74, 6) is 0.254. The maximum Gasteiger partial charge on any atom is 0.412 e. The number of nitrogens with one attached hydrogen (secondary N) is 2.